The summed E-state index contributed by atoms with van der Waals surface area (Å²) in [6.45, 7) is -1.51. The van der Waals surface area contributed by atoms with Gasteiger partial charge in [-0.2, -0.15) is 10.3 Å². The minimum absolute atomic E-state index is 0.0319. The lowest BCUT2D eigenvalue weighted by Crippen LogP contribution is -2.44. The molecule has 2 fully saturated rings. The van der Waals surface area contributed by atoms with Gasteiger partial charge in [0, 0.05) is 13.2 Å². The molecule has 5 atom stereocenters. The summed E-state index contributed by atoms with van der Waals surface area (Å²) in [4.78, 5) is 29.1. The number of hydrogen-bond donors (Lipinski definition) is 7. The van der Waals surface area contributed by atoms with Gasteiger partial charge in [-0.25, -0.2) is 14.6 Å². The van der Waals surface area contributed by atoms with Crippen LogP contribution in [0.1, 0.15) is 43.6 Å². The molecular formula is C21H32N9O9P. The molecule has 4 heterocycles. The first-order chi connectivity index (χ1) is 19.2. The first-order valence-corrected chi connectivity index (χ1v) is 14.3. The SMILES string of the molecule is COCC(Cc1nn[nH]n1)(OC[C@@H]1O[C@H](n2ncc3c(NC4CCCC4)nc(CO)nc32)[C@@H](O)[C@H]1O)P(=O)(O)O. The maximum absolute atomic E-state index is 12.5. The second-order valence-electron chi connectivity index (χ2n) is 9.88. The minimum atomic E-state index is -5.01. The number of nitrogens with zero attached hydrogens (tertiary/aromatic N) is 7. The van der Waals surface area contributed by atoms with E-state index >= 15 is 0 Å². The van der Waals surface area contributed by atoms with Crippen molar-refractivity contribution in [1.29, 1.82) is 0 Å². The van der Waals surface area contributed by atoms with E-state index in [1.54, 1.807) is 0 Å². The van der Waals surface area contributed by atoms with Crippen LogP contribution in [0.25, 0.3) is 11.0 Å². The van der Waals surface area contributed by atoms with E-state index in [0.717, 1.165) is 25.7 Å². The predicted octanol–water partition coefficient (Wildman–Crippen LogP) is -1.41. The molecule has 3 aromatic rings. The highest BCUT2D eigenvalue weighted by molar-refractivity contribution is 7.53. The van der Waals surface area contributed by atoms with Gasteiger partial charge >= 0.3 is 7.60 Å². The van der Waals surface area contributed by atoms with Crippen molar-refractivity contribution in [2.24, 2.45) is 0 Å². The third-order valence-electron chi connectivity index (χ3n) is 7.16. The molecular weight excluding hydrogens is 553 g/mol. The number of aromatic nitrogens is 8. The standard InChI is InChI=1S/C21H32N9O9P/c1-37-10-21(40(34,35)36,6-14-26-28-29-27-14)38-9-13-16(32)17(33)20(39-13)30-19-12(7-22-30)18(24-15(8-31)25-19)23-11-4-2-3-5-11/h7,11,13,16-17,20,31-33H,2-6,8-10H2,1H3,(H,23,24,25)(H2,34,35,36)(H,26,27,28,29)/t13-,16-,17-,20-,21?/m0/s1. The third-order valence-corrected chi connectivity index (χ3v) is 8.63. The third kappa shape index (κ3) is 5.59. The number of ether oxygens (including phenoxy) is 3. The summed E-state index contributed by atoms with van der Waals surface area (Å²) in [6, 6.07) is 0.221. The highest BCUT2D eigenvalue weighted by atomic mass is 31.2. The van der Waals surface area contributed by atoms with Crippen molar-refractivity contribution in [1.82, 2.24) is 40.4 Å². The maximum Gasteiger partial charge on any atom is 0.359 e. The number of methoxy groups -OCH3 is 1. The predicted molar refractivity (Wildman–Crippen MR) is 134 cm³/mol. The summed E-state index contributed by atoms with van der Waals surface area (Å²) >= 11 is 0. The molecule has 19 heteroatoms. The van der Waals surface area contributed by atoms with Crippen molar-refractivity contribution in [2.45, 2.75) is 74.6 Å². The Kier molecular flexibility index (Phi) is 8.42. The number of aliphatic hydroxyl groups excluding tert-OH is 3. The normalized spacial score (nSPS) is 25.6. The van der Waals surface area contributed by atoms with Crippen LogP contribution in [0.3, 0.4) is 0 Å². The molecule has 5 rings (SSSR count). The molecule has 0 spiro atoms. The number of rotatable bonds is 12. The summed E-state index contributed by atoms with van der Waals surface area (Å²) in [6.07, 6.45) is -0.250. The molecule has 1 aliphatic carbocycles. The summed E-state index contributed by atoms with van der Waals surface area (Å²) < 4.78 is 30.4. The maximum atomic E-state index is 12.5. The largest absolute Gasteiger partial charge is 0.388 e. The second-order valence-corrected chi connectivity index (χ2v) is 11.8. The van der Waals surface area contributed by atoms with Gasteiger partial charge in [-0.1, -0.05) is 18.1 Å². The van der Waals surface area contributed by atoms with Crippen LogP contribution in [0, 0.1) is 0 Å². The average molecular weight is 586 g/mol. The zero-order chi connectivity index (χ0) is 28.5. The smallest absolute Gasteiger partial charge is 0.359 e. The second kappa shape index (κ2) is 11.7. The lowest BCUT2D eigenvalue weighted by atomic mass is 10.1. The van der Waals surface area contributed by atoms with Crippen LogP contribution in [0.4, 0.5) is 5.82 Å². The Morgan fingerprint density at radius 2 is 2.00 bits per heavy atom. The van der Waals surface area contributed by atoms with Crippen LogP contribution in [-0.4, -0.2) is 115 Å². The van der Waals surface area contributed by atoms with Gasteiger partial charge in [-0.15, -0.1) is 10.2 Å². The minimum Gasteiger partial charge on any atom is -0.388 e. The first-order valence-electron chi connectivity index (χ1n) is 12.7. The van der Waals surface area contributed by atoms with Gasteiger partial charge in [-0.3, -0.25) is 4.57 Å². The summed E-state index contributed by atoms with van der Waals surface area (Å²) in [5, 5.41) is 50.5. The quantitative estimate of drug-likeness (QED) is 0.120. The van der Waals surface area contributed by atoms with Gasteiger partial charge in [0.25, 0.3) is 0 Å². The fourth-order valence-corrected chi connectivity index (χ4v) is 5.94. The van der Waals surface area contributed by atoms with Crippen molar-refractivity contribution < 1.29 is 43.9 Å². The Balaban J connectivity index is 1.38. The number of anilines is 1. The molecule has 0 aromatic carbocycles. The molecule has 40 heavy (non-hydrogen) atoms. The molecule has 3 aromatic heterocycles. The van der Waals surface area contributed by atoms with E-state index in [-0.39, 0.29) is 23.3 Å². The fraction of sp³-hybridized carbons (Fsp3) is 0.714. The van der Waals surface area contributed by atoms with Gasteiger partial charge in [0.05, 0.1) is 31.2 Å². The molecule has 0 bridgehead atoms. The van der Waals surface area contributed by atoms with Gasteiger partial charge in [-0.05, 0) is 12.8 Å². The number of aliphatic hydroxyl groups is 3. The highest BCUT2D eigenvalue weighted by Crippen LogP contribution is 2.53. The first kappa shape index (κ1) is 28.8. The van der Waals surface area contributed by atoms with Crippen LogP contribution in [0.15, 0.2) is 6.20 Å². The molecule has 1 saturated carbocycles. The Hall–Kier alpha value is -2.67. The Morgan fingerprint density at radius 3 is 2.65 bits per heavy atom. The number of fused-ring (bicyclic) bond motifs is 1. The van der Waals surface area contributed by atoms with Crippen molar-refractivity contribution in [3.8, 4) is 0 Å². The van der Waals surface area contributed by atoms with Crippen LogP contribution >= 0.6 is 7.60 Å². The van der Waals surface area contributed by atoms with Crippen LogP contribution < -0.4 is 5.32 Å². The molecule has 18 nitrogen and oxygen atoms in total. The van der Waals surface area contributed by atoms with E-state index < -0.39 is 63.7 Å². The molecule has 0 amide bonds. The number of H-pyrrole nitrogens is 1. The van der Waals surface area contributed by atoms with E-state index in [2.05, 4.69) is 41.0 Å². The van der Waals surface area contributed by atoms with E-state index in [1.807, 2.05) is 0 Å². The van der Waals surface area contributed by atoms with E-state index in [4.69, 9.17) is 14.2 Å². The van der Waals surface area contributed by atoms with Crippen molar-refractivity contribution in [3.05, 3.63) is 17.8 Å². The number of aromatic amines is 1. The Bertz CT molecular complexity index is 1330. The number of tetrazole rings is 1. The number of hydrogen-bond acceptors (Lipinski definition) is 14. The van der Waals surface area contributed by atoms with Gasteiger partial charge < -0.3 is 44.6 Å². The van der Waals surface area contributed by atoms with Crippen LogP contribution in [-0.2, 0) is 31.8 Å². The molecule has 220 valence electrons. The summed E-state index contributed by atoms with van der Waals surface area (Å²) in [7, 11) is -3.77. The van der Waals surface area contributed by atoms with E-state index in [1.165, 1.54) is 18.0 Å². The van der Waals surface area contributed by atoms with Gasteiger partial charge in [0.2, 0.25) is 0 Å². The lowest BCUT2D eigenvalue weighted by molar-refractivity contribution is -0.113. The van der Waals surface area contributed by atoms with Gasteiger partial charge in [0.15, 0.2) is 28.9 Å². The Labute approximate surface area is 227 Å². The molecule has 1 saturated heterocycles. The van der Waals surface area contributed by atoms with Crippen molar-refractivity contribution >= 4 is 24.4 Å². The summed E-state index contributed by atoms with van der Waals surface area (Å²) in [5.41, 5.74) is 0.262. The van der Waals surface area contributed by atoms with Crippen LogP contribution in [0.2, 0.25) is 0 Å². The summed E-state index contributed by atoms with van der Waals surface area (Å²) in [5.74, 6) is 0.596. The van der Waals surface area contributed by atoms with Crippen molar-refractivity contribution in [3.63, 3.8) is 0 Å². The fourth-order valence-electron chi connectivity index (χ4n) is 5.05. The average Bonchev–Trinajstić information content (AvgIpc) is 3.72. The van der Waals surface area contributed by atoms with E-state index in [0.29, 0.717) is 11.2 Å². The van der Waals surface area contributed by atoms with Crippen LogP contribution in [0.5, 0.6) is 0 Å². The monoisotopic (exact) mass is 585 g/mol. The Morgan fingerprint density at radius 1 is 1.23 bits per heavy atom. The lowest BCUT2D eigenvalue weighted by Gasteiger charge is -2.33. The molecule has 1 aliphatic heterocycles. The zero-order valence-electron chi connectivity index (χ0n) is 21.6. The van der Waals surface area contributed by atoms with Crippen molar-refractivity contribution in [2.75, 3.05) is 25.6 Å². The number of nitrogens with one attached hydrogen (secondary N) is 2. The van der Waals surface area contributed by atoms with Gasteiger partial charge in [0.1, 0.15) is 30.7 Å². The molecule has 7 N–H and O–H groups in total. The zero-order valence-corrected chi connectivity index (χ0v) is 22.5. The van der Waals surface area contributed by atoms with E-state index in [9.17, 15) is 29.7 Å². The topological polar surface area (TPSA) is 256 Å². The highest BCUT2D eigenvalue weighted by Gasteiger charge is 2.52. The molecule has 1 unspecified atom stereocenters. The molecule has 0 radical (unpaired) electrons. The molecule has 2 aliphatic rings.